The molecule has 0 spiro atoms. The second kappa shape index (κ2) is 21.4. The van der Waals surface area contributed by atoms with Crippen LogP contribution in [0.25, 0.3) is 0 Å². The molecule has 0 aliphatic carbocycles. The second-order valence-corrected chi connectivity index (χ2v) is 5.89. The van der Waals surface area contributed by atoms with E-state index in [4.69, 9.17) is 19.9 Å². The number of hydrogen-bond donors (Lipinski definition) is 1. The van der Waals surface area contributed by atoms with Crippen molar-refractivity contribution in [2.24, 2.45) is 5.73 Å². The van der Waals surface area contributed by atoms with Gasteiger partial charge in [0.25, 0.3) is 0 Å². The van der Waals surface area contributed by atoms with E-state index >= 15 is 0 Å². The average Bonchev–Trinajstić information content (AvgIpc) is 2.36. The maximum absolute atomic E-state index is 11.3. The molecule has 0 heterocycles. The Morgan fingerprint density at radius 2 is 1.42 bits per heavy atom. The molecule has 0 aromatic carbocycles. The number of halogens is 1. The van der Waals surface area contributed by atoms with Gasteiger partial charge in [-0.15, -0.1) is 12.4 Å². The van der Waals surface area contributed by atoms with E-state index in [1.165, 1.54) is 0 Å². The molecule has 0 rings (SSSR count). The van der Waals surface area contributed by atoms with Gasteiger partial charge in [-0.25, -0.2) is 0 Å². The van der Waals surface area contributed by atoms with Crippen molar-refractivity contribution in [1.82, 2.24) is 0 Å². The number of esters is 1. The summed E-state index contributed by atoms with van der Waals surface area (Å²) >= 11 is 0. The molecule has 0 saturated carbocycles. The minimum atomic E-state index is -0.383. The zero-order valence-corrected chi connectivity index (χ0v) is 19.1. The Hall–Kier alpha value is 0.340. The monoisotopic (exact) mass is 409 g/mol. The summed E-state index contributed by atoms with van der Waals surface area (Å²) in [5.74, 6) is -0.149. The number of ether oxygens (including phenoxy) is 3. The van der Waals surface area contributed by atoms with Gasteiger partial charge in [-0.3, -0.25) is 4.79 Å². The van der Waals surface area contributed by atoms with Gasteiger partial charge in [0.1, 0.15) is 5.60 Å². The lowest BCUT2D eigenvalue weighted by molar-refractivity contribution is -0.155. The summed E-state index contributed by atoms with van der Waals surface area (Å²) in [6, 6.07) is 0. The van der Waals surface area contributed by atoms with Gasteiger partial charge in [0.05, 0.1) is 12.2 Å². The highest BCUT2D eigenvalue weighted by molar-refractivity contribution is 7.59. The SMILES string of the molecule is CCO[C@@H](C)CCC(=O)OC(C)(C)C.CCO[C@@H](C)CN.Cl.S.S. The molecule has 0 saturated heterocycles. The second-order valence-electron chi connectivity index (χ2n) is 5.89. The molecule has 0 bridgehead atoms. The fourth-order valence-electron chi connectivity index (χ4n) is 1.43. The van der Waals surface area contributed by atoms with Gasteiger partial charge in [-0.1, -0.05) is 0 Å². The largest absolute Gasteiger partial charge is 0.460 e. The van der Waals surface area contributed by atoms with E-state index in [-0.39, 0.29) is 63.2 Å². The van der Waals surface area contributed by atoms with Crippen molar-refractivity contribution in [1.29, 1.82) is 0 Å². The quantitative estimate of drug-likeness (QED) is 0.620. The third-order valence-electron chi connectivity index (χ3n) is 2.41. The molecule has 2 atom stereocenters. The van der Waals surface area contributed by atoms with Crippen LogP contribution in [-0.4, -0.2) is 43.5 Å². The van der Waals surface area contributed by atoms with Crippen molar-refractivity contribution in [2.75, 3.05) is 19.8 Å². The van der Waals surface area contributed by atoms with Crippen LogP contribution < -0.4 is 5.73 Å². The van der Waals surface area contributed by atoms with E-state index in [1.54, 1.807) is 0 Å². The fraction of sp³-hybridized carbons (Fsp3) is 0.938. The summed E-state index contributed by atoms with van der Waals surface area (Å²) in [5.41, 5.74) is 4.85. The lowest BCUT2D eigenvalue weighted by Crippen LogP contribution is -2.24. The van der Waals surface area contributed by atoms with Gasteiger partial charge in [0.15, 0.2) is 0 Å². The standard InChI is InChI=1S/C11H22O3.C5H13NO.ClH.2H2S/c1-6-13-9(2)7-8-10(12)14-11(3,4)5;1-3-7-5(2)4-6;;;/h9H,6-8H2,1-5H3;5H,3-4,6H2,1-2H3;1H;2*1H2/t9-;5-;;;/m00.../s1. The van der Waals surface area contributed by atoms with Crippen molar-refractivity contribution >= 4 is 45.4 Å². The number of nitrogens with two attached hydrogens (primary N) is 1. The number of hydrogen-bond acceptors (Lipinski definition) is 5. The van der Waals surface area contributed by atoms with E-state index in [1.807, 2.05) is 48.5 Å². The zero-order valence-electron chi connectivity index (χ0n) is 16.3. The maximum atomic E-state index is 11.3. The molecule has 8 heteroatoms. The van der Waals surface area contributed by atoms with E-state index in [0.29, 0.717) is 19.6 Å². The summed E-state index contributed by atoms with van der Waals surface area (Å²) in [4.78, 5) is 11.3. The summed E-state index contributed by atoms with van der Waals surface area (Å²) in [6.07, 6.45) is 1.51. The molecule has 24 heavy (non-hydrogen) atoms. The first-order valence-electron chi connectivity index (χ1n) is 7.81. The average molecular weight is 410 g/mol. The molecule has 0 amide bonds. The van der Waals surface area contributed by atoms with Crippen LogP contribution in [0.15, 0.2) is 0 Å². The van der Waals surface area contributed by atoms with Gasteiger partial charge < -0.3 is 19.9 Å². The highest BCUT2D eigenvalue weighted by atomic mass is 35.5. The Balaban J connectivity index is -0.000000105. The predicted molar refractivity (Wildman–Crippen MR) is 114 cm³/mol. The van der Waals surface area contributed by atoms with Crippen LogP contribution in [0.2, 0.25) is 0 Å². The molecular formula is C16H40ClNO4S2. The van der Waals surface area contributed by atoms with E-state index in [0.717, 1.165) is 13.0 Å². The van der Waals surface area contributed by atoms with Gasteiger partial charge >= 0.3 is 5.97 Å². The molecule has 0 aromatic rings. The van der Waals surface area contributed by atoms with Crippen LogP contribution in [0.3, 0.4) is 0 Å². The number of rotatable bonds is 8. The normalized spacial score (nSPS) is 12.2. The summed E-state index contributed by atoms with van der Waals surface area (Å²) in [5, 5.41) is 0. The molecule has 0 aliphatic rings. The van der Waals surface area contributed by atoms with Crippen LogP contribution in [0.1, 0.15) is 61.3 Å². The molecule has 0 radical (unpaired) electrons. The number of carbonyl (C=O) groups is 1. The Morgan fingerprint density at radius 1 is 1.00 bits per heavy atom. The summed E-state index contributed by atoms with van der Waals surface area (Å²) in [7, 11) is 0. The van der Waals surface area contributed by atoms with Gasteiger partial charge in [-0.2, -0.15) is 27.0 Å². The molecule has 0 fully saturated rings. The molecule has 2 N–H and O–H groups in total. The van der Waals surface area contributed by atoms with Crippen molar-refractivity contribution in [3.63, 3.8) is 0 Å². The van der Waals surface area contributed by atoms with Gasteiger partial charge in [-0.05, 0) is 54.9 Å². The molecule has 0 aromatic heterocycles. The molecule has 0 unspecified atom stereocenters. The third kappa shape index (κ3) is 30.2. The fourth-order valence-corrected chi connectivity index (χ4v) is 1.43. The highest BCUT2D eigenvalue weighted by Gasteiger charge is 2.16. The summed E-state index contributed by atoms with van der Waals surface area (Å²) in [6.45, 7) is 15.5. The van der Waals surface area contributed by atoms with E-state index < -0.39 is 0 Å². The first kappa shape index (κ1) is 35.4. The molecule has 152 valence electrons. The molecular weight excluding hydrogens is 370 g/mol. The van der Waals surface area contributed by atoms with Crippen LogP contribution in [0, 0.1) is 0 Å². The van der Waals surface area contributed by atoms with E-state index in [2.05, 4.69) is 0 Å². The number of carbonyl (C=O) groups excluding carboxylic acids is 1. The Kier molecular flexibility index (Phi) is 31.6. The Morgan fingerprint density at radius 3 is 1.71 bits per heavy atom. The summed E-state index contributed by atoms with van der Waals surface area (Å²) < 4.78 is 15.6. The minimum absolute atomic E-state index is 0. The van der Waals surface area contributed by atoms with Crippen LogP contribution in [-0.2, 0) is 19.0 Å². The molecule has 5 nitrogen and oxygen atoms in total. The van der Waals surface area contributed by atoms with Gasteiger partial charge in [0, 0.05) is 26.2 Å². The molecule has 0 aliphatic heterocycles. The smallest absolute Gasteiger partial charge is 0.306 e. The topological polar surface area (TPSA) is 70.8 Å². The van der Waals surface area contributed by atoms with Crippen LogP contribution in [0.4, 0.5) is 0 Å². The van der Waals surface area contributed by atoms with Crippen LogP contribution in [0.5, 0.6) is 0 Å². The lowest BCUT2D eigenvalue weighted by atomic mass is 10.2. The highest BCUT2D eigenvalue weighted by Crippen LogP contribution is 2.10. The predicted octanol–water partition coefficient (Wildman–Crippen LogP) is 3.55. The Labute approximate surface area is 169 Å². The first-order chi connectivity index (χ1) is 9.66. The van der Waals surface area contributed by atoms with E-state index in [9.17, 15) is 4.79 Å². The lowest BCUT2D eigenvalue weighted by Gasteiger charge is -2.20. The van der Waals surface area contributed by atoms with Crippen molar-refractivity contribution in [2.45, 2.75) is 79.1 Å². The first-order valence-corrected chi connectivity index (χ1v) is 7.81. The maximum Gasteiger partial charge on any atom is 0.306 e. The minimum Gasteiger partial charge on any atom is -0.460 e. The van der Waals surface area contributed by atoms with Crippen LogP contribution >= 0.6 is 39.4 Å². The van der Waals surface area contributed by atoms with Gasteiger partial charge in [0.2, 0.25) is 0 Å². The third-order valence-corrected chi connectivity index (χ3v) is 2.41. The van der Waals surface area contributed by atoms with Crippen molar-refractivity contribution in [3.8, 4) is 0 Å². The Bertz CT molecular complexity index is 267. The van der Waals surface area contributed by atoms with Crippen molar-refractivity contribution in [3.05, 3.63) is 0 Å². The zero-order chi connectivity index (χ0) is 16.9. The van der Waals surface area contributed by atoms with Crippen molar-refractivity contribution < 1.29 is 19.0 Å².